The molecule has 1 aromatic carbocycles. The Labute approximate surface area is 127 Å². The molecule has 0 amide bonds. The average molecular weight is 306 g/mol. The Morgan fingerprint density at radius 2 is 1.95 bits per heavy atom. The summed E-state index contributed by atoms with van der Waals surface area (Å²) in [6, 6.07) is 5.68. The summed E-state index contributed by atoms with van der Waals surface area (Å²) in [5.41, 5.74) is 6.80. The van der Waals surface area contributed by atoms with Gasteiger partial charge in [0, 0.05) is 13.1 Å². The maximum atomic E-state index is 6.15. The van der Waals surface area contributed by atoms with Crippen molar-refractivity contribution in [3.63, 3.8) is 0 Å². The third-order valence-corrected chi connectivity index (χ3v) is 3.59. The Morgan fingerprint density at radius 3 is 2.67 bits per heavy atom. The summed E-state index contributed by atoms with van der Waals surface area (Å²) >= 11 is 6.15. The summed E-state index contributed by atoms with van der Waals surface area (Å²) in [6.45, 7) is 3.81. The number of hydrogen-bond acceptors (Lipinski definition) is 6. The van der Waals surface area contributed by atoms with Gasteiger partial charge in [0.05, 0.1) is 5.02 Å². The number of aryl methyl sites for hydroxylation is 1. The maximum Gasteiger partial charge on any atom is 0.328 e. The van der Waals surface area contributed by atoms with Gasteiger partial charge in [-0.3, -0.25) is 0 Å². The topological polar surface area (TPSA) is 77.2 Å². The fourth-order valence-electron chi connectivity index (χ4n) is 2.25. The van der Waals surface area contributed by atoms with Crippen molar-refractivity contribution in [2.24, 2.45) is 0 Å². The molecule has 6 nitrogen and oxygen atoms in total. The fraction of sp³-hybridized carbons (Fsp3) is 0.357. The summed E-state index contributed by atoms with van der Waals surface area (Å²) < 4.78 is 5.64. The first-order valence-corrected chi connectivity index (χ1v) is 7.20. The monoisotopic (exact) mass is 305 g/mol. The Kier molecular flexibility index (Phi) is 3.79. The maximum absolute atomic E-state index is 6.15. The number of hydrogen-bond donors (Lipinski definition) is 1. The predicted molar refractivity (Wildman–Crippen MR) is 81.9 cm³/mol. The number of rotatable bonds is 3. The van der Waals surface area contributed by atoms with E-state index in [0.717, 1.165) is 31.5 Å². The van der Waals surface area contributed by atoms with Crippen LogP contribution in [0.25, 0.3) is 0 Å². The van der Waals surface area contributed by atoms with Crippen molar-refractivity contribution >= 4 is 23.5 Å². The second-order valence-electron chi connectivity index (χ2n) is 5.01. The lowest BCUT2D eigenvalue weighted by Gasteiger charge is -2.15. The van der Waals surface area contributed by atoms with E-state index in [1.54, 1.807) is 6.07 Å². The van der Waals surface area contributed by atoms with Crippen LogP contribution >= 0.6 is 11.6 Å². The van der Waals surface area contributed by atoms with Crippen LogP contribution in [0.1, 0.15) is 18.4 Å². The van der Waals surface area contributed by atoms with Crippen molar-refractivity contribution in [1.29, 1.82) is 0 Å². The van der Waals surface area contributed by atoms with E-state index in [9.17, 15) is 0 Å². The number of benzene rings is 1. The van der Waals surface area contributed by atoms with E-state index in [2.05, 4.69) is 19.9 Å². The molecule has 0 bridgehead atoms. The highest BCUT2D eigenvalue weighted by atomic mass is 35.5. The second kappa shape index (κ2) is 5.73. The molecule has 3 rings (SSSR count). The molecule has 7 heteroatoms. The highest BCUT2D eigenvalue weighted by Gasteiger charge is 2.17. The van der Waals surface area contributed by atoms with Crippen LogP contribution in [0, 0.1) is 6.92 Å². The summed E-state index contributed by atoms with van der Waals surface area (Å²) in [6.07, 6.45) is 2.26. The number of nitrogen functional groups attached to an aromatic ring is 1. The third-order valence-electron chi connectivity index (χ3n) is 3.30. The molecule has 2 heterocycles. The van der Waals surface area contributed by atoms with Crippen molar-refractivity contribution in [3.8, 4) is 11.8 Å². The molecule has 0 spiro atoms. The van der Waals surface area contributed by atoms with E-state index < -0.39 is 0 Å². The SMILES string of the molecule is Cc1ccc(Oc2nc(N)nc(N3CCCC3)n2)c(Cl)c1. The van der Waals surface area contributed by atoms with E-state index >= 15 is 0 Å². The van der Waals surface area contributed by atoms with Crippen LogP contribution in [0.4, 0.5) is 11.9 Å². The molecule has 1 saturated heterocycles. The fourth-order valence-corrected chi connectivity index (χ4v) is 2.53. The van der Waals surface area contributed by atoms with Crippen LogP contribution in [0.15, 0.2) is 18.2 Å². The normalized spacial score (nSPS) is 14.5. The molecular weight excluding hydrogens is 290 g/mol. The average Bonchev–Trinajstić information content (AvgIpc) is 2.95. The van der Waals surface area contributed by atoms with Gasteiger partial charge in [-0.05, 0) is 37.5 Å². The van der Waals surface area contributed by atoms with Gasteiger partial charge < -0.3 is 15.4 Å². The minimum atomic E-state index is 0.144. The first kappa shape index (κ1) is 13.9. The van der Waals surface area contributed by atoms with Crippen LogP contribution in [0.3, 0.4) is 0 Å². The summed E-state index contributed by atoms with van der Waals surface area (Å²) in [7, 11) is 0. The molecule has 110 valence electrons. The standard InChI is InChI=1S/C14H16ClN5O/c1-9-4-5-11(10(15)8-9)21-14-18-12(16)17-13(19-14)20-6-2-3-7-20/h4-5,8H,2-3,6-7H2,1H3,(H2,16,17,18,19). The van der Waals surface area contributed by atoms with Crippen molar-refractivity contribution in [1.82, 2.24) is 15.0 Å². The Morgan fingerprint density at radius 1 is 1.19 bits per heavy atom. The lowest BCUT2D eigenvalue weighted by atomic mass is 10.2. The van der Waals surface area contributed by atoms with Gasteiger partial charge in [-0.2, -0.15) is 15.0 Å². The van der Waals surface area contributed by atoms with Crippen molar-refractivity contribution in [3.05, 3.63) is 28.8 Å². The molecule has 1 fully saturated rings. The second-order valence-corrected chi connectivity index (χ2v) is 5.41. The summed E-state index contributed by atoms with van der Waals surface area (Å²) in [4.78, 5) is 14.6. The number of halogens is 1. The lowest BCUT2D eigenvalue weighted by molar-refractivity contribution is 0.440. The van der Waals surface area contributed by atoms with Crippen LogP contribution in [-0.4, -0.2) is 28.0 Å². The van der Waals surface area contributed by atoms with E-state index in [0.29, 0.717) is 16.7 Å². The zero-order valence-corrected chi connectivity index (χ0v) is 12.5. The third kappa shape index (κ3) is 3.16. The molecule has 2 N–H and O–H groups in total. The van der Waals surface area contributed by atoms with Gasteiger partial charge in [-0.25, -0.2) is 0 Å². The highest BCUT2D eigenvalue weighted by Crippen LogP contribution is 2.29. The molecule has 1 aromatic heterocycles. The Bertz CT molecular complexity index is 658. The van der Waals surface area contributed by atoms with Crippen molar-refractivity contribution in [2.45, 2.75) is 19.8 Å². The molecule has 2 aromatic rings. The molecule has 0 radical (unpaired) electrons. The number of anilines is 2. The molecule has 0 aliphatic carbocycles. The van der Waals surface area contributed by atoms with Gasteiger partial charge in [0.15, 0.2) is 0 Å². The summed E-state index contributed by atoms with van der Waals surface area (Å²) in [5, 5.41) is 0.511. The van der Waals surface area contributed by atoms with E-state index in [4.69, 9.17) is 22.1 Å². The molecular formula is C14H16ClN5O. The molecule has 21 heavy (non-hydrogen) atoms. The van der Waals surface area contributed by atoms with Gasteiger partial charge in [-0.1, -0.05) is 17.7 Å². The first-order chi connectivity index (χ1) is 10.1. The van der Waals surface area contributed by atoms with E-state index in [-0.39, 0.29) is 12.0 Å². The molecule has 1 aliphatic rings. The van der Waals surface area contributed by atoms with Crippen LogP contribution < -0.4 is 15.4 Å². The Hall–Kier alpha value is -2.08. The smallest absolute Gasteiger partial charge is 0.328 e. The number of aromatic nitrogens is 3. The molecule has 1 aliphatic heterocycles. The van der Waals surface area contributed by atoms with Crippen LogP contribution in [0.5, 0.6) is 11.8 Å². The minimum Gasteiger partial charge on any atom is -0.423 e. The van der Waals surface area contributed by atoms with Crippen molar-refractivity contribution < 1.29 is 4.74 Å². The number of nitrogens with two attached hydrogens (primary N) is 1. The highest BCUT2D eigenvalue weighted by molar-refractivity contribution is 6.32. The summed E-state index contributed by atoms with van der Waals surface area (Å²) in [5.74, 6) is 1.20. The van der Waals surface area contributed by atoms with E-state index in [1.807, 2.05) is 19.1 Å². The minimum absolute atomic E-state index is 0.144. The van der Waals surface area contributed by atoms with Gasteiger partial charge >= 0.3 is 6.01 Å². The first-order valence-electron chi connectivity index (χ1n) is 6.82. The van der Waals surface area contributed by atoms with Crippen LogP contribution in [-0.2, 0) is 0 Å². The molecule has 0 saturated carbocycles. The zero-order valence-electron chi connectivity index (χ0n) is 11.7. The molecule has 0 unspecified atom stereocenters. The number of ether oxygens (including phenoxy) is 1. The largest absolute Gasteiger partial charge is 0.423 e. The number of nitrogens with zero attached hydrogens (tertiary/aromatic N) is 4. The lowest BCUT2D eigenvalue weighted by Crippen LogP contribution is -2.21. The zero-order chi connectivity index (χ0) is 14.8. The van der Waals surface area contributed by atoms with Gasteiger partial charge in [0.25, 0.3) is 0 Å². The molecule has 0 atom stereocenters. The van der Waals surface area contributed by atoms with E-state index in [1.165, 1.54) is 0 Å². The quantitative estimate of drug-likeness (QED) is 0.939. The predicted octanol–water partition coefficient (Wildman–Crippen LogP) is 2.81. The van der Waals surface area contributed by atoms with Gasteiger partial charge in [-0.15, -0.1) is 0 Å². The van der Waals surface area contributed by atoms with Gasteiger partial charge in [0.2, 0.25) is 11.9 Å². The van der Waals surface area contributed by atoms with Crippen LogP contribution in [0.2, 0.25) is 5.02 Å². The van der Waals surface area contributed by atoms with Crippen molar-refractivity contribution in [2.75, 3.05) is 23.7 Å². The Balaban J connectivity index is 1.87. The van der Waals surface area contributed by atoms with Gasteiger partial charge in [0.1, 0.15) is 5.75 Å².